The lowest BCUT2D eigenvalue weighted by molar-refractivity contribution is 1.06. The molecule has 0 aliphatic carbocycles. The first-order valence-corrected chi connectivity index (χ1v) is 8.98. The number of hydrogen-bond acceptors (Lipinski definition) is 5. The molecule has 2 heterocycles. The highest BCUT2D eigenvalue weighted by Gasteiger charge is 2.15. The van der Waals surface area contributed by atoms with E-state index in [-0.39, 0.29) is 0 Å². The Kier molecular flexibility index (Phi) is 4.46. The molecule has 0 radical (unpaired) electrons. The van der Waals surface area contributed by atoms with Crippen LogP contribution in [0.4, 0.5) is 5.82 Å². The van der Waals surface area contributed by atoms with Crippen molar-refractivity contribution < 1.29 is 0 Å². The fraction of sp³-hybridized carbons (Fsp3) is 0.130. The van der Waals surface area contributed by atoms with Crippen LogP contribution in [0.25, 0.3) is 33.4 Å². The van der Waals surface area contributed by atoms with Crippen LogP contribution < -0.4 is 4.90 Å². The number of fused-ring (bicyclic) bond motifs is 1. The van der Waals surface area contributed by atoms with Gasteiger partial charge >= 0.3 is 0 Å². The van der Waals surface area contributed by atoms with Crippen LogP contribution in [0.2, 0.25) is 0 Å². The molecule has 2 aromatic carbocycles. The lowest BCUT2D eigenvalue weighted by atomic mass is 9.96. The highest BCUT2D eigenvalue weighted by Crippen LogP contribution is 2.34. The predicted octanol–water partition coefficient (Wildman–Crippen LogP) is 4.60. The molecule has 0 bridgehead atoms. The Balaban J connectivity index is 2.00. The summed E-state index contributed by atoms with van der Waals surface area (Å²) in [6, 6.07) is 17.8. The van der Waals surface area contributed by atoms with E-state index < -0.39 is 0 Å². The van der Waals surface area contributed by atoms with Crippen molar-refractivity contribution >= 4 is 16.7 Å². The lowest BCUT2D eigenvalue weighted by Crippen LogP contribution is -2.12. The highest BCUT2D eigenvalue weighted by molar-refractivity contribution is 5.96. The second-order valence-corrected chi connectivity index (χ2v) is 6.83. The second kappa shape index (κ2) is 7.09. The normalized spacial score (nSPS) is 10.6. The van der Waals surface area contributed by atoms with E-state index in [0.717, 1.165) is 39.0 Å². The Labute approximate surface area is 163 Å². The zero-order valence-corrected chi connectivity index (χ0v) is 16.0. The number of aryl methyl sites for hydroxylation is 1. The van der Waals surface area contributed by atoms with Crippen molar-refractivity contribution in [2.45, 2.75) is 6.92 Å². The molecule has 4 aromatic rings. The van der Waals surface area contributed by atoms with E-state index in [1.165, 1.54) is 0 Å². The predicted molar refractivity (Wildman–Crippen MR) is 112 cm³/mol. The molecule has 0 unspecified atom stereocenters. The van der Waals surface area contributed by atoms with E-state index >= 15 is 0 Å². The van der Waals surface area contributed by atoms with Gasteiger partial charge in [-0.2, -0.15) is 5.26 Å². The van der Waals surface area contributed by atoms with Crippen LogP contribution in [0.15, 0.2) is 60.9 Å². The minimum Gasteiger partial charge on any atom is -0.362 e. The van der Waals surface area contributed by atoms with E-state index in [1.54, 1.807) is 12.4 Å². The van der Waals surface area contributed by atoms with E-state index in [4.69, 9.17) is 9.97 Å². The minimum absolute atomic E-state index is 0.643. The van der Waals surface area contributed by atoms with Gasteiger partial charge in [-0.1, -0.05) is 18.2 Å². The van der Waals surface area contributed by atoms with Crippen molar-refractivity contribution in [2.75, 3.05) is 19.0 Å². The maximum absolute atomic E-state index is 9.23. The van der Waals surface area contributed by atoms with Crippen molar-refractivity contribution in [3.63, 3.8) is 0 Å². The van der Waals surface area contributed by atoms with Gasteiger partial charge in [-0.15, -0.1) is 0 Å². The van der Waals surface area contributed by atoms with Gasteiger partial charge in [-0.25, -0.2) is 9.97 Å². The molecule has 0 amide bonds. The smallest absolute Gasteiger partial charge is 0.163 e. The third-order valence-corrected chi connectivity index (χ3v) is 4.75. The minimum atomic E-state index is 0.643. The van der Waals surface area contributed by atoms with Crippen molar-refractivity contribution in [1.29, 1.82) is 5.26 Å². The summed E-state index contributed by atoms with van der Waals surface area (Å²) < 4.78 is 0. The van der Waals surface area contributed by atoms with Crippen molar-refractivity contribution in [1.82, 2.24) is 15.0 Å². The topological polar surface area (TPSA) is 65.7 Å². The van der Waals surface area contributed by atoms with Crippen LogP contribution in [0.1, 0.15) is 11.1 Å². The summed E-state index contributed by atoms with van der Waals surface area (Å²) in [6.45, 7) is 2.07. The quantitative estimate of drug-likeness (QED) is 0.531. The van der Waals surface area contributed by atoms with Crippen LogP contribution in [0.3, 0.4) is 0 Å². The summed E-state index contributed by atoms with van der Waals surface area (Å²) in [5.41, 5.74) is 5.55. The van der Waals surface area contributed by atoms with Crippen molar-refractivity contribution in [2.24, 2.45) is 0 Å². The Morgan fingerprint density at radius 3 is 2.50 bits per heavy atom. The van der Waals surface area contributed by atoms with Gasteiger partial charge in [0.05, 0.1) is 17.1 Å². The second-order valence-electron chi connectivity index (χ2n) is 6.83. The number of aromatic nitrogens is 3. The van der Waals surface area contributed by atoms with Crippen LogP contribution in [0.5, 0.6) is 0 Å². The van der Waals surface area contributed by atoms with E-state index in [2.05, 4.69) is 30.1 Å². The van der Waals surface area contributed by atoms with Gasteiger partial charge in [0.25, 0.3) is 0 Å². The molecule has 5 heteroatoms. The third-order valence-electron chi connectivity index (χ3n) is 4.75. The molecule has 0 atom stereocenters. The summed E-state index contributed by atoms with van der Waals surface area (Å²) >= 11 is 0. The van der Waals surface area contributed by atoms with Crippen LogP contribution in [-0.4, -0.2) is 29.0 Å². The first-order chi connectivity index (χ1) is 13.6. The molecule has 0 N–H and O–H groups in total. The highest BCUT2D eigenvalue weighted by atomic mass is 15.2. The largest absolute Gasteiger partial charge is 0.362 e. The number of hydrogen-bond donors (Lipinski definition) is 0. The summed E-state index contributed by atoms with van der Waals surface area (Å²) in [7, 11) is 3.96. The van der Waals surface area contributed by atoms with Crippen LogP contribution in [0, 0.1) is 18.3 Å². The van der Waals surface area contributed by atoms with Crippen LogP contribution >= 0.6 is 0 Å². The molecule has 28 heavy (non-hydrogen) atoms. The molecule has 2 aromatic heterocycles. The fourth-order valence-electron chi connectivity index (χ4n) is 3.35. The first-order valence-electron chi connectivity index (χ1n) is 8.98. The van der Waals surface area contributed by atoms with Gasteiger partial charge in [-0.3, -0.25) is 4.98 Å². The van der Waals surface area contributed by atoms with E-state index in [0.29, 0.717) is 11.4 Å². The molecule has 4 rings (SSSR count). The third kappa shape index (κ3) is 3.06. The number of nitriles is 1. The molecule has 0 saturated carbocycles. The monoisotopic (exact) mass is 365 g/mol. The average Bonchev–Trinajstić information content (AvgIpc) is 2.74. The van der Waals surface area contributed by atoms with Crippen LogP contribution in [-0.2, 0) is 0 Å². The maximum atomic E-state index is 9.23. The Morgan fingerprint density at radius 1 is 0.964 bits per heavy atom. The van der Waals surface area contributed by atoms with Gasteiger partial charge < -0.3 is 4.90 Å². The Hall–Kier alpha value is -3.78. The molecule has 0 saturated heterocycles. The zero-order chi connectivity index (χ0) is 19.7. The number of anilines is 1. The Bertz CT molecular complexity index is 1210. The number of benzene rings is 2. The first kappa shape index (κ1) is 17.6. The molecule has 0 spiro atoms. The molecule has 5 nitrogen and oxygen atoms in total. The fourth-order valence-corrected chi connectivity index (χ4v) is 3.35. The maximum Gasteiger partial charge on any atom is 0.163 e. The zero-order valence-electron chi connectivity index (χ0n) is 16.0. The number of rotatable bonds is 3. The summed E-state index contributed by atoms with van der Waals surface area (Å²) in [5.74, 6) is 1.51. The Morgan fingerprint density at radius 2 is 1.79 bits per heavy atom. The van der Waals surface area contributed by atoms with Gasteiger partial charge in [0.2, 0.25) is 0 Å². The van der Waals surface area contributed by atoms with Gasteiger partial charge in [-0.05, 0) is 53.9 Å². The van der Waals surface area contributed by atoms with Gasteiger partial charge in [0.1, 0.15) is 5.82 Å². The summed E-state index contributed by atoms with van der Waals surface area (Å²) in [6.07, 6.45) is 3.51. The van der Waals surface area contributed by atoms with Crippen molar-refractivity contribution in [3.05, 3.63) is 72.1 Å². The summed E-state index contributed by atoms with van der Waals surface area (Å²) in [4.78, 5) is 15.8. The molecule has 136 valence electrons. The van der Waals surface area contributed by atoms with Crippen molar-refractivity contribution in [3.8, 4) is 28.6 Å². The molecular formula is C23H19N5. The van der Waals surface area contributed by atoms with E-state index in [9.17, 15) is 5.26 Å². The van der Waals surface area contributed by atoms with Gasteiger partial charge in [0, 0.05) is 37.4 Å². The number of nitrogens with zero attached hydrogens (tertiary/aromatic N) is 5. The lowest BCUT2D eigenvalue weighted by Gasteiger charge is -2.18. The summed E-state index contributed by atoms with van der Waals surface area (Å²) in [5, 5.41) is 10.2. The SMILES string of the molecule is Cc1c(-c2cccc(C#N)c2)ccc2c(N(C)C)nc(-c3cccnc3)nc12. The molecular weight excluding hydrogens is 346 g/mol. The average molecular weight is 365 g/mol. The molecule has 0 fully saturated rings. The van der Waals surface area contributed by atoms with Gasteiger partial charge in [0.15, 0.2) is 5.82 Å². The molecule has 0 aliphatic heterocycles. The number of pyridine rings is 1. The van der Waals surface area contributed by atoms with E-state index in [1.807, 2.05) is 55.4 Å². The molecule has 0 aliphatic rings. The standard InChI is InChI=1S/C23H19N5/c1-15-19(17-7-4-6-16(12-17)13-24)9-10-20-21(15)26-22(27-23(20)28(2)3)18-8-5-11-25-14-18/h4-12,14H,1-3H3.